The van der Waals surface area contributed by atoms with Crippen LogP contribution in [0.4, 0.5) is 0 Å². The fourth-order valence-corrected chi connectivity index (χ4v) is 3.66. The normalized spacial score (nSPS) is 17.0. The van der Waals surface area contributed by atoms with E-state index in [4.69, 9.17) is 9.47 Å². The fourth-order valence-electron chi connectivity index (χ4n) is 3.66. The van der Waals surface area contributed by atoms with Gasteiger partial charge in [0, 0.05) is 19.5 Å². The summed E-state index contributed by atoms with van der Waals surface area (Å²) in [5, 5.41) is 3.05. The zero-order chi connectivity index (χ0) is 21.5. The molecule has 0 spiro atoms. The molecule has 1 aliphatic heterocycles. The van der Waals surface area contributed by atoms with Gasteiger partial charge in [0.25, 0.3) is 0 Å². The van der Waals surface area contributed by atoms with E-state index in [-0.39, 0.29) is 30.2 Å². The summed E-state index contributed by atoms with van der Waals surface area (Å²) in [6.07, 6.45) is 0.249. The molecule has 2 unspecified atom stereocenters. The highest BCUT2D eigenvalue weighted by Crippen LogP contribution is 2.31. The number of nitrogens with zero attached hydrogens (tertiary/aromatic N) is 1. The van der Waals surface area contributed by atoms with E-state index in [0.717, 1.165) is 11.1 Å². The molecule has 2 amide bonds. The first kappa shape index (κ1) is 21.7. The number of ether oxygens (including phenoxy) is 2. The lowest BCUT2D eigenvalue weighted by Crippen LogP contribution is -2.34. The van der Waals surface area contributed by atoms with Crippen LogP contribution >= 0.6 is 0 Å². The summed E-state index contributed by atoms with van der Waals surface area (Å²) in [5.74, 6) is 0.949. The first-order valence-corrected chi connectivity index (χ1v) is 10.5. The van der Waals surface area contributed by atoms with E-state index in [2.05, 4.69) is 5.32 Å². The van der Waals surface area contributed by atoms with Crippen LogP contribution in [-0.4, -0.2) is 36.5 Å². The summed E-state index contributed by atoms with van der Waals surface area (Å²) >= 11 is 0. The Morgan fingerprint density at radius 2 is 1.80 bits per heavy atom. The molecular weight excluding hydrogens is 380 g/mol. The van der Waals surface area contributed by atoms with E-state index < -0.39 is 0 Å². The van der Waals surface area contributed by atoms with Crippen LogP contribution in [0.1, 0.15) is 44.4 Å². The zero-order valence-electron chi connectivity index (χ0n) is 17.9. The van der Waals surface area contributed by atoms with Crippen molar-refractivity contribution >= 4 is 11.8 Å². The van der Waals surface area contributed by atoms with Crippen LogP contribution in [0.15, 0.2) is 48.5 Å². The van der Waals surface area contributed by atoms with Gasteiger partial charge in [-0.1, -0.05) is 36.4 Å². The van der Waals surface area contributed by atoms with Gasteiger partial charge in [-0.15, -0.1) is 0 Å². The minimum absolute atomic E-state index is 0.0198. The van der Waals surface area contributed by atoms with Gasteiger partial charge in [-0.3, -0.25) is 9.59 Å². The van der Waals surface area contributed by atoms with E-state index >= 15 is 0 Å². The van der Waals surface area contributed by atoms with E-state index in [1.165, 1.54) is 0 Å². The molecule has 1 heterocycles. The lowest BCUT2D eigenvalue weighted by molar-refractivity contribution is -0.129. The number of likely N-dealkylation sites (tertiary alicyclic amines) is 1. The van der Waals surface area contributed by atoms with Crippen molar-refractivity contribution in [3.63, 3.8) is 0 Å². The van der Waals surface area contributed by atoms with Gasteiger partial charge in [-0.25, -0.2) is 0 Å². The molecule has 0 aliphatic carbocycles. The predicted molar refractivity (Wildman–Crippen MR) is 115 cm³/mol. The van der Waals surface area contributed by atoms with Gasteiger partial charge >= 0.3 is 0 Å². The number of rotatable bonds is 9. The smallest absolute Gasteiger partial charge is 0.225 e. The second-order valence-electron chi connectivity index (χ2n) is 7.46. The van der Waals surface area contributed by atoms with Gasteiger partial charge in [-0.05, 0) is 44.0 Å². The molecule has 1 N–H and O–H groups in total. The topological polar surface area (TPSA) is 67.9 Å². The predicted octanol–water partition coefficient (Wildman–Crippen LogP) is 3.71. The molecule has 3 rings (SSSR count). The Labute approximate surface area is 178 Å². The highest BCUT2D eigenvalue weighted by Gasteiger charge is 2.34. The van der Waals surface area contributed by atoms with Gasteiger partial charge in [0.15, 0.2) is 11.5 Å². The van der Waals surface area contributed by atoms with Gasteiger partial charge in [0.2, 0.25) is 11.8 Å². The first-order valence-electron chi connectivity index (χ1n) is 10.5. The van der Waals surface area contributed by atoms with Crippen LogP contribution in [0, 0.1) is 5.92 Å². The largest absolute Gasteiger partial charge is 0.490 e. The molecular formula is C24H30N2O4. The maximum atomic E-state index is 12.8. The lowest BCUT2D eigenvalue weighted by Gasteiger charge is -2.20. The third-order valence-corrected chi connectivity index (χ3v) is 5.23. The lowest BCUT2D eigenvalue weighted by atomic mass is 10.0. The maximum Gasteiger partial charge on any atom is 0.225 e. The second-order valence-corrected chi connectivity index (χ2v) is 7.46. The summed E-state index contributed by atoms with van der Waals surface area (Å²) in [7, 11) is 0. The average Bonchev–Trinajstić information content (AvgIpc) is 3.11. The molecule has 6 nitrogen and oxygen atoms in total. The van der Waals surface area contributed by atoms with Crippen molar-refractivity contribution < 1.29 is 19.1 Å². The van der Waals surface area contributed by atoms with Crippen LogP contribution in [0.3, 0.4) is 0 Å². The Morgan fingerprint density at radius 1 is 1.10 bits per heavy atom. The summed E-state index contributed by atoms with van der Waals surface area (Å²) in [5.41, 5.74) is 2.00. The third kappa shape index (κ3) is 5.32. The van der Waals surface area contributed by atoms with Crippen LogP contribution in [0.25, 0.3) is 0 Å². The van der Waals surface area contributed by atoms with Crippen LogP contribution in [0.2, 0.25) is 0 Å². The molecule has 6 heteroatoms. The van der Waals surface area contributed by atoms with E-state index in [9.17, 15) is 9.59 Å². The summed E-state index contributed by atoms with van der Waals surface area (Å²) in [4.78, 5) is 26.9. The molecule has 1 aliphatic rings. The number of nitrogens with one attached hydrogen (secondary N) is 1. The van der Waals surface area contributed by atoms with Crippen molar-refractivity contribution in [2.45, 2.75) is 39.8 Å². The van der Waals surface area contributed by atoms with E-state index in [1.54, 1.807) is 4.90 Å². The van der Waals surface area contributed by atoms with Gasteiger partial charge in [0.05, 0.1) is 25.2 Å². The molecule has 160 valence electrons. The molecule has 1 fully saturated rings. The second kappa shape index (κ2) is 10.1. The zero-order valence-corrected chi connectivity index (χ0v) is 17.9. The molecule has 2 atom stereocenters. The number of hydrogen-bond donors (Lipinski definition) is 1. The molecule has 0 radical (unpaired) electrons. The Kier molecular flexibility index (Phi) is 7.33. The third-order valence-electron chi connectivity index (χ3n) is 5.23. The highest BCUT2D eigenvalue weighted by molar-refractivity contribution is 5.89. The Balaban J connectivity index is 1.61. The molecule has 0 saturated carbocycles. The van der Waals surface area contributed by atoms with Crippen LogP contribution in [-0.2, 0) is 16.1 Å². The van der Waals surface area contributed by atoms with Crippen LogP contribution in [0.5, 0.6) is 11.5 Å². The van der Waals surface area contributed by atoms with Crippen molar-refractivity contribution in [3.8, 4) is 11.5 Å². The minimum Gasteiger partial charge on any atom is -0.490 e. The Hall–Kier alpha value is -3.02. The summed E-state index contributed by atoms with van der Waals surface area (Å²) in [6.45, 7) is 7.85. The number of carbonyl (C=O) groups is 2. The van der Waals surface area contributed by atoms with Crippen molar-refractivity contribution in [2.75, 3.05) is 19.8 Å². The average molecular weight is 411 g/mol. The van der Waals surface area contributed by atoms with Gasteiger partial charge in [0.1, 0.15) is 0 Å². The quantitative estimate of drug-likeness (QED) is 0.684. The number of carbonyl (C=O) groups excluding carboxylic acids is 2. The molecule has 30 heavy (non-hydrogen) atoms. The Bertz CT molecular complexity index is 869. The molecule has 0 aromatic heterocycles. The van der Waals surface area contributed by atoms with E-state index in [0.29, 0.717) is 37.8 Å². The highest BCUT2D eigenvalue weighted by atomic mass is 16.5. The monoisotopic (exact) mass is 410 g/mol. The van der Waals surface area contributed by atoms with Crippen molar-refractivity contribution in [2.24, 2.45) is 5.92 Å². The molecule has 2 aromatic carbocycles. The molecule has 2 aromatic rings. The van der Waals surface area contributed by atoms with Crippen LogP contribution < -0.4 is 14.8 Å². The van der Waals surface area contributed by atoms with Crippen molar-refractivity contribution in [1.82, 2.24) is 10.2 Å². The number of benzene rings is 2. The van der Waals surface area contributed by atoms with Gasteiger partial charge < -0.3 is 19.7 Å². The maximum absolute atomic E-state index is 12.8. The molecule has 1 saturated heterocycles. The molecule has 0 bridgehead atoms. The van der Waals surface area contributed by atoms with Gasteiger partial charge in [-0.2, -0.15) is 0 Å². The minimum atomic E-state index is -0.335. The SMILES string of the molecule is CCOc1ccc(C(C)NC(=O)C2CC(=O)N(Cc3ccccc3)C2)cc1OCC. The van der Waals surface area contributed by atoms with E-state index in [1.807, 2.05) is 69.3 Å². The fraction of sp³-hybridized carbons (Fsp3) is 0.417. The summed E-state index contributed by atoms with van der Waals surface area (Å²) < 4.78 is 11.3. The first-order chi connectivity index (χ1) is 14.5. The standard InChI is InChI=1S/C24H30N2O4/c1-4-29-21-12-11-19(13-22(21)30-5-2)17(3)25-24(28)20-14-23(27)26(16-20)15-18-9-7-6-8-10-18/h6-13,17,20H,4-5,14-16H2,1-3H3,(H,25,28). The number of hydrogen-bond acceptors (Lipinski definition) is 4. The number of amides is 2. The summed E-state index contributed by atoms with van der Waals surface area (Å²) in [6, 6.07) is 15.3. The van der Waals surface area contributed by atoms with Crippen molar-refractivity contribution in [1.29, 1.82) is 0 Å². The van der Waals surface area contributed by atoms with Crippen molar-refractivity contribution in [3.05, 3.63) is 59.7 Å². The Morgan fingerprint density at radius 3 is 2.50 bits per heavy atom.